The molecule has 7 nitrogen and oxygen atoms in total. The SMILES string of the molecule is COC(=O)C1C(O)C2=CC(=O)CC[C@]2(C)[C@H]2CC[C@@]3(C)[C@@H](CC[C@]3(O)CCC(=O)[O-])[C@H]12.[K+]. The zero-order valence-corrected chi connectivity index (χ0v) is 22.7. The van der Waals surface area contributed by atoms with Gasteiger partial charge in [-0.1, -0.05) is 13.8 Å². The summed E-state index contributed by atoms with van der Waals surface area (Å²) in [5, 5.41) is 34.0. The first-order valence-corrected chi connectivity index (χ1v) is 11.4. The van der Waals surface area contributed by atoms with Gasteiger partial charge in [-0.05, 0) is 85.2 Å². The van der Waals surface area contributed by atoms with Gasteiger partial charge in [0.25, 0.3) is 0 Å². The molecule has 0 aliphatic heterocycles. The number of carboxylic acid groups (broad SMARTS) is 1. The number of rotatable bonds is 4. The molecule has 0 saturated heterocycles. The van der Waals surface area contributed by atoms with Crippen LogP contribution in [0.4, 0.5) is 0 Å². The molecular formula is C24H33KO7. The fourth-order valence-corrected chi connectivity index (χ4v) is 7.86. The second-order valence-electron chi connectivity index (χ2n) is 10.7. The molecule has 0 radical (unpaired) electrons. The quantitative estimate of drug-likeness (QED) is 0.364. The van der Waals surface area contributed by atoms with Crippen molar-refractivity contribution in [3.8, 4) is 0 Å². The van der Waals surface area contributed by atoms with Gasteiger partial charge in [0.1, 0.15) is 0 Å². The van der Waals surface area contributed by atoms with Crippen LogP contribution in [0.25, 0.3) is 0 Å². The number of ether oxygens (including phenoxy) is 1. The summed E-state index contributed by atoms with van der Waals surface area (Å²) in [5.74, 6) is -2.65. The molecule has 2 unspecified atom stereocenters. The average molecular weight is 473 g/mol. The molecule has 4 aliphatic rings. The molecule has 0 bridgehead atoms. The predicted molar refractivity (Wildman–Crippen MR) is 108 cm³/mol. The maximum atomic E-state index is 12.9. The van der Waals surface area contributed by atoms with Crippen molar-refractivity contribution in [2.45, 2.75) is 76.9 Å². The maximum absolute atomic E-state index is 12.9. The molecule has 172 valence electrons. The Kier molecular flexibility index (Phi) is 7.60. The van der Waals surface area contributed by atoms with E-state index in [0.717, 1.165) is 6.42 Å². The number of aliphatic hydroxyl groups excluding tert-OH is 1. The summed E-state index contributed by atoms with van der Waals surface area (Å²) in [6.45, 7) is 4.11. The molecule has 0 amide bonds. The summed E-state index contributed by atoms with van der Waals surface area (Å²) in [6, 6.07) is 0. The first-order chi connectivity index (χ1) is 14.5. The topological polar surface area (TPSA) is 124 Å². The maximum Gasteiger partial charge on any atom is 1.00 e. The van der Waals surface area contributed by atoms with E-state index in [1.54, 1.807) is 6.08 Å². The van der Waals surface area contributed by atoms with E-state index in [2.05, 4.69) is 6.92 Å². The third-order valence-corrected chi connectivity index (χ3v) is 9.63. The molecule has 2 N–H and O–H groups in total. The molecule has 0 spiro atoms. The van der Waals surface area contributed by atoms with Gasteiger partial charge in [-0.3, -0.25) is 9.59 Å². The summed E-state index contributed by atoms with van der Waals surface area (Å²) in [7, 11) is 1.31. The van der Waals surface area contributed by atoms with Crippen molar-refractivity contribution < 1.29 is 85.8 Å². The van der Waals surface area contributed by atoms with E-state index in [1.165, 1.54) is 7.11 Å². The Bertz CT molecular complexity index is 840. The van der Waals surface area contributed by atoms with Crippen LogP contribution in [0.1, 0.15) is 65.2 Å². The van der Waals surface area contributed by atoms with Crippen molar-refractivity contribution in [2.75, 3.05) is 7.11 Å². The fourth-order valence-electron chi connectivity index (χ4n) is 7.86. The van der Waals surface area contributed by atoms with Gasteiger partial charge in [0, 0.05) is 12.4 Å². The van der Waals surface area contributed by atoms with Gasteiger partial charge in [0.05, 0.1) is 24.7 Å². The van der Waals surface area contributed by atoms with E-state index in [9.17, 15) is 29.7 Å². The third-order valence-electron chi connectivity index (χ3n) is 9.63. The Hall–Kier alpha value is -0.0936. The van der Waals surface area contributed by atoms with Crippen LogP contribution in [0.5, 0.6) is 0 Å². The van der Waals surface area contributed by atoms with E-state index in [4.69, 9.17) is 4.74 Å². The van der Waals surface area contributed by atoms with E-state index in [1.807, 2.05) is 6.92 Å². The second-order valence-corrected chi connectivity index (χ2v) is 10.7. The molecule has 0 aromatic carbocycles. The first-order valence-electron chi connectivity index (χ1n) is 11.4. The number of carboxylic acids is 1. The minimum absolute atomic E-state index is 0. The number of methoxy groups -OCH3 is 1. The molecule has 0 aromatic rings. The van der Waals surface area contributed by atoms with Gasteiger partial charge >= 0.3 is 57.4 Å². The monoisotopic (exact) mass is 472 g/mol. The van der Waals surface area contributed by atoms with E-state index in [-0.39, 0.29) is 93.2 Å². The number of fused-ring (bicyclic) bond motifs is 5. The Morgan fingerprint density at radius 2 is 1.84 bits per heavy atom. The van der Waals surface area contributed by atoms with Crippen molar-refractivity contribution in [1.82, 2.24) is 0 Å². The Morgan fingerprint density at radius 1 is 1.19 bits per heavy atom. The standard InChI is InChI=1S/C24H34O7.K/c1-22-8-4-13(25)12-16(22)20(28)19(21(29)31-3)18-14(22)5-9-23(2)15(18)6-10-24(23,30)11-7-17(26)27;/h12,14-15,18-20,28,30H,4-11H2,1-3H3,(H,26,27);/q;+1/p-1/t14-,15-,18+,19?,20?,22+,23-,24-;/m0./s1. The van der Waals surface area contributed by atoms with Crippen LogP contribution in [0.3, 0.4) is 0 Å². The number of ketones is 1. The van der Waals surface area contributed by atoms with Crippen LogP contribution in [-0.2, 0) is 19.1 Å². The van der Waals surface area contributed by atoms with Crippen LogP contribution >= 0.6 is 0 Å². The van der Waals surface area contributed by atoms with Crippen molar-refractivity contribution >= 4 is 17.7 Å². The van der Waals surface area contributed by atoms with E-state index in [0.29, 0.717) is 37.7 Å². The van der Waals surface area contributed by atoms with Crippen LogP contribution in [-0.4, -0.2) is 46.7 Å². The summed E-state index contributed by atoms with van der Waals surface area (Å²) >= 11 is 0. The zero-order valence-electron chi connectivity index (χ0n) is 19.6. The first kappa shape index (κ1) is 26.5. The van der Waals surface area contributed by atoms with Crippen molar-refractivity contribution in [1.29, 1.82) is 0 Å². The normalized spacial score (nSPS) is 45.0. The molecule has 3 saturated carbocycles. The number of hydrogen-bond acceptors (Lipinski definition) is 7. The Morgan fingerprint density at radius 3 is 2.47 bits per heavy atom. The van der Waals surface area contributed by atoms with Gasteiger partial charge in [0.15, 0.2) is 5.78 Å². The Labute approximate surface area is 231 Å². The van der Waals surface area contributed by atoms with E-state index < -0.39 is 35.0 Å². The van der Waals surface area contributed by atoms with Crippen molar-refractivity contribution in [2.24, 2.45) is 34.5 Å². The molecule has 0 aromatic heterocycles. The zero-order chi connectivity index (χ0) is 22.8. The number of carbonyl (C=O) groups is 3. The summed E-state index contributed by atoms with van der Waals surface area (Å²) < 4.78 is 5.10. The largest absolute Gasteiger partial charge is 1.00 e. The number of carbonyl (C=O) groups excluding carboxylic acids is 3. The summed E-state index contributed by atoms with van der Waals surface area (Å²) in [5.41, 5.74) is -1.43. The second kappa shape index (κ2) is 9.17. The molecular weight excluding hydrogens is 439 g/mol. The smallest absolute Gasteiger partial charge is 0.550 e. The minimum Gasteiger partial charge on any atom is -0.550 e. The van der Waals surface area contributed by atoms with Crippen LogP contribution < -0.4 is 56.5 Å². The predicted octanol–water partition coefficient (Wildman–Crippen LogP) is -1.85. The third kappa shape index (κ3) is 3.82. The molecule has 4 aliphatic carbocycles. The minimum atomic E-state index is -1.18. The number of aliphatic hydroxyl groups is 2. The Balaban J connectivity index is 0.00000289. The summed E-state index contributed by atoms with van der Waals surface area (Å²) in [4.78, 5) is 36.2. The van der Waals surface area contributed by atoms with Crippen molar-refractivity contribution in [3.05, 3.63) is 11.6 Å². The van der Waals surface area contributed by atoms with Gasteiger partial charge in [-0.25, -0.2) is 0 Å². The number of hydrogen-bond donors (Lipinski definition) is 2. The van der Waals surface area contributed by atoms with Crippen LogP contribution in [0.2, 0.25) is 0 Å². The van der Waals surface area contributed by atoms with Gasteiger partial charge in [-0.2, -0.15) is 0 Å². The average Bonchev–Trinajstić information content (AvgIpc) is 2.99. The van der Waals surface area contributed by atoms with Crippen LogP contribution in [0.15, 0.2) is 11.6 Å². The molecule has 3 fully saturated rings. The molecule has 0 heterocycles. The van der Waals surface area contributed by atoms with Gasteiger partial charge in [-0.15, -0.1) is 0 Å². The van der Waals surface area contributed by atoms with Gasteiger partial charge in [0.2, 0.25) is 0 Å². The number of esters is 1. The molecule has 32 heavy (non-hydrogen) atoms. The fraction of sp³-hybridized carbons (Fsp3) is 0.792. The van der Waals surface area contributed by atoms with E-state index >= 15 is 0 Å². The molecule has 8 heteroatoms. The van der Waals surface area contributed by atoms with Gasteiger partial charge < -0.3 is 24.9 Å². The van der Waals surface area contributed by atoms with Crippen LogP contribution in [0, 0.1) is 34.5 Å². The molecule has 8 atom stereocenters. The molecule has 4 rings (SSSR count). The summed E-state index contributed by atoms with van der Waals surface area (Å²) in [6.07, 6.45) is 4.02. The van der Waals surface area contributed by atoms with Crippen molar-refractivity contribution in [3.63, 3.8) is 0 Å². The number of aliphatic carboxylic acids is 1.